The molecule has 0 radical (unpaired) electrons. The third-order valence-corrected chi connectivity index (χ3v) is 1.62. The lowest BCUT2D eigenvalue weighted by Gasteiger charge is -1.95. The van der Waals surface area contributed by atoms with Crippen molar-refractivity contribution in [3.8, 4) is 0 Å². The van der Waals surface area contributed by atoms with Crippen molar-refractivity contribution in [3.63, 3.8) is 0 Å². The molecule has 0 unspecified atom stereocenters. The van der Waals surface area contributed by atoms with Crippen molar-refractivity contribution < 1.29 is 14.3 Å². The Labute approximate surface area is 80.9 Å². The Bertz CT molecular complexity index is 350. The highest BCUT2D eigenvalue weighted by molar-refractivity contribution is 5.75. The van der Waals surface area contributed by atoms with Crippen LogP contribution in [-0.4, -0.2) is 23.0 Å². The minimum atomic E-state index is -0.765. The van der Waals surface area contributed by atoms with Gasteiger partial charge in [0.2, 0.25) is 5.95 Å². The fourth-order valence-corrected chi connectivity index (χ4v) is 0.950. The Morgan fingerprint density at radius 1 is 1.57 bits per heavy atom. The zero-order chi connectivity index (χ0) is 10.4. The number of rotatable bonds is 4. The van der Waals surface area contributed by atoms with Gasteiger partial charge in [0.25, 0.3) is 0 Å². The van der Waals surface area contributed by atoms with E-state index in [-0.39, 0.29) is 12.2 Å². The number of hydrogen-bond acceptors (Lipinski definition) is 3. The van der Waals surface area contributed by atoms with Crippen LogP contribution in [0, 0.1) is 5.95 Å². The molecule has 0 aliphatic carbocycles. The van der Waals surface area contributed by atoms with Gasteiger partial charge in [0.1, 0.15) is 0 Å². The van der Waals surface area contributed by atoms with Gasteiger partial charge in [-0.2, -0.15) is 4.39 Å². The van der Waals surface area contributed by atoms with Gasteiger partial charge in [0, 0.05) is 12.8 Å². The van der Waals surface area contributed by atoms with Crippen LogP contribution in [0.4, 0.5) is 4.39 Å². The van der Waals surface area contributed by atoms with Crippen LogP contribution in [-0.2, 0) is 0 Å². The monoisotopic (exact) mass is 195 g/mol. The van der Waals surface area contributed by atoms with Crippen LogP contribution in [0.15, 0.2) is 18.3 Å². The van der Waals surface area contributed by atoms with E-state index >= 15 is 0 Å². The molecule has 4 heteroatoms. The fourth-order valence-electron chi connectivity index (χ4n) is 0.950. The number of nitrogens with zero attached hydrogens (tertiary/aromatic N) is 1. The van der Waals surface area contributed by atoms with Crippen molar-refractivity contribution in [2.75, 3.05) is 6.61 Å². The summed E-state index contributed by atoms with van der Waals surface area (Å²) in [5.74, 6) is -0.765. The summed E-state index contributed by atoms with van der Waals surface area (Å²) in [4.78, 5) is 13.8. The molecule has 1 N–H and O–H groups in total. The highest BCUT2D eigenvalue weighted by atomic mass is 19.1. The van der Waals surface area contributed by atoms with E-state index < -0.39 is 5.95 Å². The van der Waals surface area contributed by atoms with E-state index in [0.29, 0.717) is 18.3 Å². The molecule has 0 bridgehead atoms. The summed E-state index contributed by atoms with van der Waals surface area (Å²) >= 11 is 0. The van der Waals surface area contributed by atoms with E-state index in [1.807, 2.05) is 0 Å². The van der Waals surface area contributed by atoms with E-state index in [4.69, 9.17) is 5.11 Å². The summed E-state index contributed by atoms with van der Waals surface area (Å²) in [7, 11) is 0. The normalized spacial score (nSPS) is 10.7. The number of aldehydes is 1. The third-order valence-electron chi connectivity index (χ3n) is 1.62. The van der Waals surface area contributed by atoms with E-state index in [2.05, 4.69) is 4.98 Å². The van der Waals surface area contributed by atoms with Crippen LogP contribution in [0.3, 0.4) is 0 Å². The maximum absolute atomic E-state index is 12.8. The van der Waals surface area contributed by atoms with Crippen molar-refractivity contribution >= 4 is 12.4 Å². The number of aromatic nitrogens is 1. The van der Waals surface area contributed by atoms with Gasteiger partial charge in [-0.05, 0) is 18.1 Å². The predicted molar refractivity (Wildman–Crippen MR) is 50.3 cm³/mol. The minimum Gasteiger partial charge on any atom is -0.396 e. The number of aliphatic hydroxyl groups excluding tert-OH is 1. The SMILES string of the molecule is O=Cc1cc(C=CCCO)cnc1F. The van der Waals surface area contributed by atoms with Crippen LogP contribution in [0.2, 0.25) is 0 Å². The topological polar surface area (TPSA) is 50.2 Å². The average molecular weight is 195 g/mol. The largest absolute Gasteiger partial charge is 0.396 e. The first-order valence-corrected chi connectivity index (χ1v) is 4.16. The lowest BCUT2D eigenvalue weighted by Crippen LogP contribution is -1.92. The van der Waals surface area contributed by atoms with Crippen LogP contribution in [0.25, 0.3) is 6.08 Å². The summed E-state index contributed by atoms with van der Waals surface area (Å²) < 4.78 is 12.8. The first kappa shape index (κ1) is 10.5. The summed E-state index contributed by atoms with van der Waals surface area (Å²) in [6, 6.07) is 1.41. The van der Waals surface area contributed by atoms with Gasteiger partial charge in [0.05, 0.1) is 5.56 Å². The molecule has 1 aromatic rings. The molecule has 3 nitrogen and oxygen atoms in total. The van der Waals surface area contributed by atoms with Crippen molar-refractivity contribution in [1.82, 2.24) is 4.98 Å². The molecule has 0 aliphatic rings. The molecule has 0 saturated heterocycles. The summed E-state index contributed by atoms with van der Waals surface area (Å²) in [6.07, 6.45) is 5.68. The molecule has 0 spiro atoms. The molecular formula is C10H10FNO2. The number of carbonyl (C=O) groups is 1. The van der Waals surface area contributed by atoms with Crippen LogP contribution >= 0.6 is 0 Å². The standard InChI is InChI=1S/C10H10FNO2/c11-10-9(7-14)5-8(6-12-10)3-1-2-4-13/h1,3,5-7,13H,2,4H2. The van der Waals surface area contributed by atoms with Gasteiger partial charge in [-0.3, -0.25) is 4.79 Å². The summed E-state index contributed by atoms with van der Waals surface area (Å²) in [6.45, 7) is 0.0612. The highest BCUT2D eigenvalue weighted by Crippen LogP contribution is 2.07. The number of hydrogen-bond donors (Lipinski definition) is 1. The average Bonchev–Trinajstić information content (AvgIpc) is 2.21. The van der Waals surface area contributed by atoms with Crippen LogP contribution in [0.1, 0.15) is 22.3 Å². The Morgan fingerprint density at radius 2 is 2.36 bits per heavy atom. The maximum atomic E-state index is 12.8. The zero-order valence-electron chi connectivity index (χ0n) is 7.48. The molecule has 1 aromatic heterocycles. The van der Waals surface area contributed by atoms with Crippen molar-refractivity contribution in [2.24, 2.45) is 0 Å². The van der Waals surface area contributed by atoms with E-state index in [9.17, 15) is 9.18 Å². The third kappa shape index (κ3) is 2.74. The Hall–Kier alpha value is -1.55. The van der Waals surface area contributed by atoms with Crippen molar-refractivity contribution in [2.45, 2.75) is 6.42 Å². The minimum absolute atomic E-state index is 0.0591. The molecule has 1 rings (SSSR count). The van der Waals surface area contributed by atoms with Gasteiger partial charge >= 0.3 is 0 Å². The predicted octanol–water partition coefficient (Wildman–Crippen LogP) is 1.43. The fraction of sp³-hybridized carbons (Fsp3) is 0.200. The Kier molecular flexibility index (Phi) is 3.94. The van der Waals surface area contributed by atoms with E-state index in [1.54, 1.807) is 12.2 Å². The molecule has 0 fully saturated rings. The molecular weight excluding hydrogens is 185 g/mol. The lowest BCUT2D eigenvalue weighted by atomic mass is 10.2. The maximum Gasteiger partial charge on any atom is 0.223 e. The quantitative estimate of drug-likeness (QED) is 0.584. The highest BCUT2D eigenvalue weighted by Gasteiger charge is 2.01. The molecule has 0 saturated carbocycles. The van der Waals surface area contributed by atoms with Gasteiger partial charge < -0.3 is 5.11 Å². The number of pyridine rings is 1. The van der Waals surface area contributed by atoms with Gasteiger partial charge in [0.15, 0.2) is 6.29 Å². The molecule has 0 atom stereocenters. The van der Waals surface area contributed by atoms with Crippen molar-refractivity contribution in [1.29, 1.82) is 0 Å². The molecule has 14 heavy (non-hydrogen) atoms. The number of aliphatic hydroxyl groups is 1. The van der Waals surface area contributed by atoms with Crippen molar-refractivity contribution in [3.05, 3.63) is 35.4 Å². The molecule has 0 aromatic carbocycles. The number of carbonyl (C=O) groups excluding carboxylic acids is 1. The Balaban J connectivity index is 2.84. The Morgan fingerprint density at radius 3 is 3.00 bits per heavy atom. The van der Waals surface area contributed by atoms with Crippen LogP contribution < -0.4 is 0 Å². The summed E-state index contributed by atoms with van der Waals surface area (Å²) in [5, 5.41) is 8.51. The molecule has 1 heterocycles. The second-order valence-electron chi connectivity index (χ2n) is 2.68. The second-order valence-corrected chi connectivity index (χ2v) is 2.68. The van der Waals surface area contributed by atoms with E-state index in [1.165, 1.54) is 12.3 Å². The van der Waals surface area contributed by atoms with Gasteiger partial charge in [-0.1, -0.05) is 12.2 Å². The van der Waals surface area contributed by atoms with Crippen LogP contribution in [0.5, 0.6) is 0 Å². The smallest absolute Gasteiger partial charge is 0.223 e. The van der Waals surface area contributed by atoms with Gasteiger partial charge in [-0.25, -0.2) is 4.98 Å². The zero-order valence-corrected chi connectivity index (χ0v) is 7.48. The van der Waals surface area contributed by atoms with Gasteiger partial charge in [-0.15, -0.1) is 0 Å². The second kappa shape index (κ2) is 5.24. The van der Waals surface area contributed by atoms with E-state index in [0.717, 1.165) is 0 Å². The number of halogens is 1. The molecule has 0 amide bonds. The molecule has 74 valence electrons. The molecule has 0 aliphatic heterocycles. The lowest BCUT2D eigenvalue weighted by molar-refractivity contribution is 0.111. The summed E-state index contributed by atoms with van der Waals surface area (Å²) in [5.41, 5.74) is 0.582. The first-order valence-electron chi connectivity index (χ1n) is 4.16. The first-order chi connectivity index (χ1) is 6.77.